The third-order valence-corrected chi connectivity index (χ3v) is 5.48. The van der Waals surface area contributed by atoms with Crippen molar-refractivity contribution in [3.8, 4) is 0 Å². The molecule has 3 atom stereocenters. The molecule has 0 spiro atoms. The molecular weight excluding hydrogens is 304 g/mol. The molecule has 0 N–H and O–H groups in total. The molecule has 0 aromatic heterocycles. The molecule has 3 unspecified atom stereocenters. The Kier molecular flexibility index (Phi) is 4.12. The lowest BCUT2D eigenvalue weighted by Gasteiger charge is -2.28. The van der Waals surface area contributed by atoms with Gasteiger partial charge in [-0.25, -0.2) is 4.79 Å². The molecule has 1 aliphatic carbocycles. The fraction of sp³-hybridized carbons (Fsp3) is 0.895. The van der Waals surface area contributed by atoms with E-state index in [9.17, 15) is 4.79 Å². The van der Waals surface area contributed by atoms with Gasteiger partial charge in [-0.3, -0.25) is 0 Å². The van der Waals surface area contributed by atoms with Crippen molar-refractivity contribution >= 4 is 11.8 Å². The minimum Gasteiger partial charge on any atom is -0.444 e. The summed E-state index contributed by atoms with van der Waals surface area (Å²) in [6, 6.07) is 0. The summed E-state index contributed by atoms with van der Waals surface area (Å²) in [5.41, 5.74) is 0.605. The van der Waals surface area contributed by atoms with Crippen LogP contribution >= 0.6 is 0 Å². The highest BCUT2D eigenvalue weighted by molar-refractivity contribution is 5.94. The van der Waals surface area contributed by atoms with Gasteiger partial charge in [0, 0.05) is 24.9 Å². The van der Waals surface area contributed by atoms with Crippen molar-refractivity contribution in [2.45, 2.75) is 66.1 Å². The summed E-state index contributed by atoms with van der Waals surface area (Å²) < 4.78 is 5.49. The Morgan fingerprint density at radius 3 is 2.42 bits per heavy atom. The monoisotopic (exact) mass is 336 g/mol. The van der Waals surface area contributed by atoms with Gasteiger partial charge in [-0.15, -0.1) is 0 Å². The maximum Gasteiger partial charge on any atom is 0.410 e. The van der Waals surface area contributed by atoms with Gasteiger partial charge in [-0.1, -0.05) is 19.0 Å². The number of oxime groups is 1. The van der Waals surface area contributed by atoms with Crippen molar-refractivity contribution < 1.29 is 14.4 Å². The molecule has 5 nitrogen and oxygen atoms in total. The third kappa shape index (κ3) is 3.27. The number of ether oxygens (including phenoxy) is 1. The summed E-state index contributed by atoms with van der Waals surface area (Å²) >= 11 is 0. The number of likely N-dealkylation sites (tertiary alicyclic amines) is 1. The Labute approximate surface area is 145 Å². The molecule has 24 heavy (non-hydrogen) atoms. The fourth-order valence-electron chi connectivity index (χ4n) is 4.26. The van der Waals surface area contributed by atoms with Crippen molar-refractivity contribution in [2.75, 3.05) is 13.1 Å². The number of amides is 1. The average Bonchev–Trinajstić information content (AvgIpc) is 2.76. The molecule has 1 amide bonds. The summed E-state index contributed by atoms with van der Waals surface area (Å²) in [5.74, 6) is 2.57. The lowest BCUT2D eigenvalue weighted by Crippen LogP contribution is -2.39. The van der Waals surface area contributed by atoms with Gasteiger partial charge < -0.3 is 14.5 Å². The molecule has 2 aliphatic heterocycles. The van der Waals surface area contributed by atoms with E-state index in [1.807, 2.05) is 25.7 Å². The maximum atomic E-state index is 12.2. The number of hydrogen-bond donors (Lipinski definition) is 0. The summed E-state index contributed by atoms with van der Waals surface area (Å²) in [7, 11) is 0. The van der Waals surface area contributed by atoms with E-state index in [2.05, 4.69) is 32.9 Å². The van der Waals surface area contributed by atoms with Crippen LogP contribution < -0.4 is 0 Å². The zero-order valence-electron chi connectivity index (χ0n) is 16.1. The smallest absolute Gasteiger partial charge is 0.410 e. The fourth-order valence-corrected chi connectivity index (χ4v) is 4.26. The Bertz CT molecular complexity index is 535. The van der Waals surface area contributed by atoms with Gasteiger partial charge in [0.25, 0.3) is 0 Å². The van der Waals surface area contributed by atoms with E-state index in [4.69, 9.17) is 9.57 Å². The number of hydrogen-bond acceptors (Lipinski definition) is 4. The second kappa shape index (κ2) is 5.63. The number of piperidine rings is 1. The maximum absolute atomic E-state index is 12.2. The van der Waals surface area contributed by atoms with Gasteiger partial charge in [0.05, 0.1) is 5.71 Å². The highest BCUT2D eigenvalue weighted by atomic mass is 16.7. The topological polar surface area (TPSA) is 51.1 Å². The van der Waals surface area contributed by atoms with E-state index in [-0.39, 0.29) is 11.7 Å². The molecule has 2 heterocycles. The summed E-state index contributed by atoms with van der Waals surface area (Å²) in [6.45, 7) is 16.1. The van der Waals surface area contributed by atoms with Crippen molar-refractivity contribution in [2.24, 2.45) is 34.7 Å². The van der Waals surface area contributed by atoms with Crippen LogP contribution in [0.15, 0.2) is 5.16 Å². The minimum atomic E-state index is -0.432. The highest BCUT2D eigenvalue weighted by Crippen LogP contribution is 2.56. The van der Waals surface area contributed by atoms with Crippen molar-refractivity contribution in [1.29, 1.82) is 0 Å². The molecule has 0 bridgehead atoms. The molecule has 0 radical (unpaired) electrons. The molecule has 3 aliphatic rings. The van der Waals surface area contributed by atoms with Crippen molar-refractivity contribution in [1.82, 2.24) is 4.90 Å². The van der Waals surface area contributed by atoms with E-state index >= 15 is 0 Å². The molecule has 3 rings (SSSR count). The van der Waals surface area contributed by atoms with Gasteiger partial charge in [-0.2, -0.15) is 0 Å². The molecule has 1 saturated heterocycles. The average molecular weight is 336 g/mol. The zero-order chi connectivity index (χ0) is 17.9. The molecule has 1 saturated carbocycles. The Morgan fingerprint density at radius 2 is 1.92 bits per heavy atom. The van der Waals surface area contributed by atoms with Crippen LogP contribution in [0.2, 0.25) is 0 Å². The number of rotatable bonds is 3. The van der Waals surface area contributed by atoms with Crippen LogP contribution in [0, 0.1) is 29.6 Å². The van der Waals surface area contributed by atoms with Gasteiger partial charge >= 0.3 is 6.09 Å². The SMILES string of the molecule is CC(C)CC1C(C2C3CN(C(=O)OC(C)(C)C)CC32)=NOC1(C)C. The van der Waals surface area contributed by atoms with Crippen LogP contribution in [0.5, 0.6) is 0 Å². The lowest BCUT2D eigenvalue weighted by atomic mass is 9.79. The molecule has 0 aromatic rings. The van der Waals surface area contributed by atoms with Gasteiger partial charge in [0.1, 0.15) is 11.2 Å². The molecule has 2 fully saturated rings. The molecular formula is C19H32N2O3. The van der Waals surface area contributed by atoms with Gasteiger partial charge in [0.2, 0.25) is 0 Å². The largest absolute Gasteiger partial charge is 0.444 e. The predicted molar refractivity (Wildman–Crippen MR) is 93.8 cm³/mol. The van der Waals surface area contributed by atoms with E-state index in [0.29, 0.717) is 29.6 Å². The number of fused-ring (bicyclic) bond motifs is 1. The van der Waals surface area contributed by atoms with Crippen molar-refractivity contribution in [3.05, 3.63) is 0 Å². The van der Waals surface area contributed by atoms with E-state index in [0.717, 1.165) is 19.5 Å². The first-order chi connectivity index (χ1) is 11.0. The van der Waals surface area contributed by atoms with Crippen LogP contribution in [0.3, 0.4) is 0 Å². The predicted octanol–water partition coefficient (Wildman–Crippen LogP) is 3.93. The Hall–Kier alpha value is -1.26. The summed E-state index contributed by atoms with van der Waals surface area (Å²) in [5, 5.41) is 4.48. The van der Waals surface area contributed by atoms with Crippen LogP contribution in [-0.4, -0.2) is 41.0 Å². The number of nitrogens with zero attached hydrogens (tertiary/aromatic N) is 2. The summed E-state index contributed by atoms with van der Waals surface area (Å²) in [4.78, 5) is 19.8. The van der Waals surface area contributed by atoms with E-state index < -0.39 is 5.60 Å². The van der Waals surface area contributed by atoms with Crippen LogP contribution in [0.25, 0.3) is 0 Å². The highest BCUT2D eigenvalue weighted by Gasteiger charge is 2.62. The Balaban J connectivity index is 1.60. The first kappa shape index (κ1) is 17.6. The van der Waals surface area contributed by atoms with Crippen LogP contribution in [0.4, 0.5) is 4.79 Å². The number of carbonyl (C=O) groups excluding carboxylic acids is 1. The standard InChI is InChI=1S/C19H32N2O3/c1-11(2)8-14-16(20-24-19(14,6)7)15-12-9-21(10-13(12)15)17(22)23-18(3,4)5/h11-15H,8-10H2,1-7H3. The first-order valence-electron chi connectivity index (χ1n) is 9.23. The van der Waals surface area contributed by atoms with Crippen LogP contribution in [0.1, 0.15) is 54.9 Å². The normalized spacial score (nSPS) is 34.0. The quantitative estimate of drug-likeness (QED) is 0.785. The van der Waals surface area contributed by atoms with Gasteiger partial charge in [-0.05, 0) is 58.8 Å². The van der Waals surface area contributed by atoms with Gasteiger partial charge in [0.15, 0.2) is 0 Å². The molecule has 0 aromatic carbocycles. The van der Waals surface area contributed by atoms with E-state index in [1.165, 1.54) is 5.71 Å². The molecule has 5 heteroatoms. The third-order valence-electron chi connectivity index (χ3n) is 5.48. The molecule has 136 valence electrons. The minimum absolute atomic E-state index is 0.183. The second-order valence-electron chi connectivity index (χ2n) is 9.63. The number of carbonyl (C=O) groups is 1. The zero-order valence-corrected chi connectivity index (χ0v) is 16.1. The summed E-state index contributed by atoms with van der Waals surface area (Å²) in [6.07, 6.45) is 0.925. The van der Waals surface area contributed by atoms with E-state index in [1.54, 1.807) is 0 Å². The van der Waals surface area contributed by atoms with Crippen LogP contribution in [-0.2, 0) is 9.57 Å². The second-order valence-corrected chi connectivity index (χ2v) is 9.63. The first-order valence-corrected chi connectivity index (χ1v) is 9.23. The van der Waals surface area contributed by atoms with Crippen molar-refractivity contribution in [3.63, 3.8) is 0 Å². The Morgan fingerprint density at radius 1 is 1.33 bits per heavy atom. The lowest BCUT2D eigenvalue weighted by molar-refractivity contribution is -0.0184.